The van der Waals surface area contributed by atoms with E-state index < -0.39 is 24.1 Å². The fourth-order valence-corrected chi connectivity index (χ4v) is 4.22. The molecule has 5 nitrogen and oxygen atoms in total. The number of hydrogen-bond acceptors (Lipinski definition) is 4. The number of fused-ring (bicyclic) bond motifs is 3. The molecule has 4 rings (SSSR count). The predicted octanol–water partition coefficient (Wildman–Crippen LogP) is 4.01. The van der Waals surface area contributed by atoms with Crippen LogP contribution < -0.4 is 5.32 Å². The molecular formula is C25H23NO4. The summed E-state index contributed by atoms with van der Waals surface area (Å²) in [5, 5.41) is 14.2. The molecule has 0 heterocycles. The lowest BCUT2D eigenvalue weighted by molar-refractivity contribution is -0.163. The first-order valence-corrected chi connectivity index (χ1v) is 9.79. The number of rotatable bonds is 4. The smallest absolute Gasteiger partial charge is 0.348 e. The minimum atomic E-state index is -1.94. The minimum Gasteiger partial charge on any atom is -0.453 e. The second-order valence-corrected chi connectivity index (χ2v) is 7.70. The third-order valence-electron chi connectivity index (χ3n) is 5.50. The number of hydrogen-bond donors (Lipinski definition) is 2. The Morgan fingerprint density at radius 2 is 1.40 bits per heavy atom. The zero-order valence-electron chi connectivity index (χ0n) is 17.2. The van der Waals surface area contributed by atoms with Crippen molar-refractivity contribution in [2.75, 3.05) is 11.9 Å². The summed E-state index contributed by atoms with van der Waals surface area (Å²) in [5.74, 6) is -1.33. The van der Waals surface area contributed by atoms with Gasteiger partial charge in [-0.2, -0.15) is 0 Å². The van der Waals surface area contributed by atoms with Gasteiger partial charge in [0.2, 0.25) is 5.60 Å². The summed E-state index contributed by atoms with van der Waals surface area (Å²) in [6.45, 7) is 5.33. The van der Waals surface area contributed by atoms with Crippen molar-refractivity contribution in [3.8, 4) is 11.1 Å². The van der Waals surface area contributed by atoms with E-state index in [-0.39, 0.29) is 0 Å². The monoisotopic (exact) mass is 401 g/mol. The van der Waals surface area contributed by atoms with Gasteiger partial charge in [0.1, 0.15) is 0 Å². The molecule has 0 atom stereocenters. The number of anilines is 1. The maximum absolute atomic E-state index is 13.0. The lowest BCUT2D eigenvalue weighted by Gasteiger charge is -2.23. The molecular weight excluding hydrogens is 378 g/mol. The lowest BCUT2D eigenvalue weighted by atomic mass is 9.91. The highest BCUT2D eigenvalue weighted by Crippen LogP contribution is 2.47. The predicted molar refractivity (Wildman–Crippen MR) is 115 cm³/mol. The van der Waals surface area contributed by atoms with E-state index in [0.717, 1.165) is 27.8 Å². The summed E-state index contributed by atoms with van der Waals surface area (Å²) in [5.41, 5.74) is 4.22. The van der Waals surface area contributed by atoms with Crippen molar-refractivity contribution < 1.29 is 19.4 Å². The number of carbonyl (C=O) groups is 2. The van der Waals surface area contributed by atoms with Crippen LogP contribution in [0.25, 0.3) is 11.1 Å². The molecule has 0 radical (unpaired) electrons. The maximum Gasteiger partial charge on any atom is 0.348 e. The zero-order valence-corrected chi connectivity index (χ0v) is 17.2. The van der Waals surface area contributed by atoms with Crippen LogP contribution in [0.1, 0.15) is 27.8 Å². The third-order valence-corrected chi connectivity index (χ3v) is 5.50. The summed E-state index contributed by atoms with van der Waals surface area (Å²) in [6, 6.07) is 18.3. The summed E-state index contributed by atoms with van der Waals surface area (Å²) in [7, 11) is 0. The van der Waals surface area contributed by atoms with Gasteiger partial charge >= 0.3 is 5.97 Å². The van der Waals surface area contributed by atoms with E-state index in [2.05, 4.69) is 5.32 Å². The van der Waals surface area contributed by atoms with Gasteiger partial charge in [-0.3, -0.25) is 4.79 Å². The first-order chi connectivity index (χ1) is 14.3. The van der Waals surface area contributed by atoms with Gasteiger partial charge in [0, 0.05) is 16.8 Å². The molecule has 0 saturated carbocycles. The number of nitrogens with one attached hydrogen (secondary N) is 1. The van der Waals surface area contributed by atoms with Crippen LogP contribution >= 0.6 is 0 Å². The van der Waals surface area contributed by atoms with Gasteiger partial charge in [0.05, 0.1) is 0 Å². The largest absolute Gasteiger partial charge is 0.453 e. The number of esters is 1. The molecule has 0 saturated heterocycles. The average Bonchev–Trinajstić information content (AvgIpc) is 2.99. The molecule has 1 aliphatic carbocycles. The van der Waals surface area contributed by atoms with Crippen LogP contribution in [0.5, 0.6) is 0 Å². The fourth-order valence-electron chi connectivity index (χ4n) is 4.22. The standard InChI is InChI=1S/C25H23NO4/c1-15-12-16(2)23(17(3)13-15)26-22(27)14-30-24(28)25(29)20-10-6-4-8-18(20)19-9-5-7-11-21(19)25/h4-13,29H,14H2,1-3H3,(H,26,27). The molecule has 0 spiro atoms. The van der Waals surface area contributed by atoms with Crippen LogP contribution in [0.15, 0.2) is 60.7 Å². The second kappa shape index (κ2) is 7.43. The van der Waals surface area contributed by atoms with Crippen LogP contribution in [-0.2, 0) is 19.9 Å². The molecule has 152 valence electrons. The first kappa shape index (κ1) is 19.9. The van der Waals surface area contributed by atoms with Gasteiger partial charge in [-0.1, -0.05) is 66.2 Å². The van der Waals surface area contributed by atoms with Gasteiger partial charge < -0.3 is 15.2 Å². The van der Waals surface area contributed by atoms with Gasteiger partial charge in [-0.25, -0.2) is 4.79 Å². The number of aliphatic hydroxyl groups is 1. The highest BCUT2D eigenvalue weighted by Gasteiger charge is 2.49. The minimum absolute atomic E-state index is 0.457. The molecule has 1 aliphatic rings. The zero-order chi connectivity index (χ0) is 21.5. The van der Waals surface area contributed by atoms with Crippen molar-refractivity contribution in [3.63, 3.8) is 0 Å². The highest BCUT2D eigenvalue weighted by molar-refractivity contribution is 5.98. The van der Waals surface area contributed by atoms with Crippen LogP contribution in [0.2, 0.25) is 0 Å². The Morgan fingerprint density at radius 3 is 1.93 bits per heavy atom. The molecule has 30 heavy (non-hydrogen) atoms. The van der Waals surface area contributed by atoms with Gasteiger partial charge in [-0.15, -0.1) is 0 Å². The normalized spacial score (nSPS) is 13.3. The fraction of sp³-hybridized carbons (Fsp3) is 0.200. The van der Waals surface area contributed by atoms with E-state index in [9.17, 15) is 14.7 Å². The Kier molecular flexibility index (Phi) is 4.92. The molecule has 0 aliphatic heterocycles. The highest BCUT2D eigenvalue weighted by atomic mass is 16.6. The molecule has 3 aromatic carbocycles. The summed E-state index contributed by atoms with van der Waals surface area (Å²) < 4.78 is 5.28. The SMILES string of the molecule is Cc1cc(C)c(NC(=O)COC(=O)C2(O)c3ccccc3-c3ccccc32)c(C)c1. The summed E-state index contributed by atoms with van der Waals surface area (Å²) in [4.78, 5) is 25.4. The number of amides is 1. The van der Waals surface area contributed by atoms with Gasteiger partial charge in [0.15, 0.2) is 6.61 Å². The molecule has 0 bridgehead atoms. The van der Waals surface area contributed by atoms with Crippen LogP contribution in [0.3, 0.4) is 0 Å². The Morgan fingerprint density at radius 1 is 0.900 bits per heavy atom. The van der Waals surface area contributed by atoms with Crippen molar-refractivity contribution in [2.24, 2.45) is 0 Å². The third kappa shape index (κ3) is 3.17. The molecule has 3 aromatic rings. The average molecular weight is 401 g/mol. The van der Waals surface area contributed by atoms with Crippen molar-refractivity contribution >= 4 is 17.6 Å². The second-order valence-electron chi connectivity index (χ2n) is 7.70. The number of aryl methyl sites for hydroxylation is 3. The molecule has 5 heteroatoms. The molecule has 1 amide bonds. The number of carbonyl (C=O) groups excluding carboxylic acids is 2. The van der Waals surface area contributed by atoms with E-state index >= 15 is 0 Å². The Bertz CT molecular complexity index is 1100. The Balaban J connectivity index is 1.54. The lowest BCUT2D eigenvalue weighted by Crippen LogP contribution is -2.38. The van der Waals surface area contributed by atoms with Gasteiger partial charge in [0.25, 0.3) is 5.91 Å². The summed E-state index contributed by atoms with van der Waals surface area (Å²) >= 11 is 0. The molecule has 0 fully saturated rings. The maximum atomic E-state index is 13.0. The quantitative estimate of drug-likeness (QED) is 0.648. The topological polar surface area (TPSA) is 75.6 Å². The molecule has 0 aromatic heterocycles. The molecule has 2 N–H and O–H groups in total. The first-order valence-electron chi connectivity index (χ1n) is 9.79. The van der Waals surface area contributed by atoms with Crippen molar-refractivity contribution in [1.29, 1.82) is 0 Å². The van der Waals surface area contributed by atoms with Gasteiger partial charge in [-0.05, 0) is 43.0 Å². The van der Waals surface area contributed by atoms with Crippen LogP contribution in [0, 0.1) is 20.8 Å². The van der Waals surface area contributed by atoms with Crippen LogP contribution in [0.4, 0.5) is 5.69 Å². The summed E-state index contributed by atoms with van der Waals surface area (Å²) in [6.07, 6.45) is 0. The van der Waals surface area contributed by atoms with E-state index in [4.69, 9.17) is 4.74 Å². The number of benzene rings is 3. The van der Waals surface area contributed by atoms with Crippen LogP contribution in [-0.4, -0.2) is 23.6 Å². The van der Waals surface area contributed by atoms with Crippen molar-refractivity contribution in [1.82, 2.24) is 0 Å². The van der Waals surface area contributed by atoms with Crippen molar-refractivity contribution in [3.05, 3.63) is 88.5 Å². The van der Waals surface area contributed by atoms with E-state index in [0.29, 0.717) is 16.8 Å². The Labute approximate surface area is 175 Å². The van der Waals surface area contributed by atoms with E-state index in [1.165, 1.54) is 0 Å². The van der Waals surface area contributed by atoms with E-state index in [1.54, 1.807) is 24.3 Å². The Hall–Kier alpha value is -3.44. The van der Waals surface area contributed by atoms with E-state index in [1.807, 2.05) is 57.2 Å². The van der Waals surface area contributed by atoms with Crippen molar-refractivity contribution in [2.45, 2.75) is 26.4 Å². The number of ether oxygens (including phenoxy) is 1. The molecule has 0 unspecified atom stereocenters.